The number of nitrogens with one attached hydrogen (secondary N) is 1. The van der Waals surface area contributed by atoms with E-state index in [4.69, 9.17) is 0 Å². The van der Waals surface area contributed by atoms with Crippen LogP contribution in [0, 0.1) is 10.5 Å². The van der Waals surface area contributed by atoms with E-state index in [9.17, 15) is 0 Å². The maximum absolute atomic E-state index is 3.85. The van der Waals surface area contributed by atoms with Gasteiger partial charge < -0.3 is 5.32 Å². The van der Waals surface area contributed by atoms with Crippen molar-refractivity contribution in [3.63, 3.8) is 0 Å². The van der Waals surface area contributed by atoms with E-state index in [2.05, 4.69) is 59.6 Å². The Bertz CT molecular complexity index is 318. The van der Waals surface area contributed by atoms with Crippen molar-refractivity contribution in [3.8, 4) is 0 Å². The molecule has 1 N–H and O–H groups in total. The first kappa shape index (κ1) is 10.6. The van der Waals surface area contributed by atoms with E-state index in [0.29, 0.717) is 0 Å². The SMILES string of the molecule is C=C(C)CNc1ccc(I)cc1C. The molecule has 0 radical (unpaired) electrons. The number of aryl methyl sites for hydroxylation is 1. The van der Waals surface area contributed by atoms with Gasteiger partial charge in [0.05, 0.1) is 0 Å². The first-order valence-corrected chi connectivity index (χ1v) is 5.32. The molecule has 0 saturated carbocycles. The summed E-state index contributed by atoms with van der Waals surface area (Å²) >= 11 is 2.32. The zero-order chi connectivity index (χ0) is 9.84. The van der Waals surface area contributed by atoms with Gasteiger partial charge in [0.1, 0.15) is 0 Å². The van der Waals surface area contributed by atoms with Crippen molar-refractivity contribution in [2.24, 2.45) is 0 Å². The first-order chi connectivity index (χ1) is 6.09. The average molecular weight is 287 g/mol. The molecule has 70 valence electrons. The maximum Gasteiger partial charge on any atom is 0.0373 e. The Morgan fingerprint density at radius 3 is 2.77 bits per heavy atom. The third-order valence-electron chi connectivity index (χ3n) is 1.77. The minimum absolute atomic E-state index is 0.849. The summed E-state index contributed by atoms with van der Waals surface area (Å²) in [5.74, 6) is 0. The highest BCUT2D eigenvalue weighted by molar-refractivity contribution is 14.1. The van der Waals surface area contributed by atoms with E-state index >= 15 is 0 Å². The number of halogens is 1. The van der Waals surface area contributed by atoms with Crippen molar-refractivity contribution < 1.29 is 0 Å². The second-order valence-corrected chi connectivity index (χ2v) is 4.52. The summed E-state index contributed by atoms with van der Waals surface area (Å²) in [7, 11) is 0. The molecule has 0 aromatic heterocycles. The lowest BCUT2D eigenvalue weighted by atomic mass is 10.2. The summed E-state index contributed by atoms with van der Waals surface area (Å²) in [5.41, 5.74) is 3.63. The Hall–Kier alpha value is -0.510. The molecule has 0 aliphatic heterocycles. The van der Waals surface area contributed by atoms with Crippen LogP contribution in [0.2, 0.25) is 0 Å². The molecular formula is C11H14IN. The lowest BCUT2D eigenvalue weighted by molar-refractivity contribution is 1.20. The second-order valence-electron chi connectivity index (χ2n) is 3.27. The highest BCUT2D eigenvalue weighted by atomic mass is 127. The van der Waals surface area contributed by atoms with Crippen LogP contribution in [0.3, 0.4) is 0 Å². The van der Waals surface area contributed by atoms with Gasteiger partial charge >= 0.3 is 0 Å². The minimum atomic E-state index is 0.849. The van der Waals surface area contributed by atoms with Gasteiger partial charge in [0.2, 0.25) is 0 Å². The monoisotopic (exact) mass is 287 g/mol. The molecule has 0 bridgehead atoms. The van der Waals surface area contributed by atoms with Crippen LogP contribution in [0.1, 0.15) is 12.5 Å². The Morgan fingerprint density at radius 2 is 2.23 bits per heavy atom. The van der Waals surface area contributed by atoms with Crippen LogP contribution in [0.4, 0.5) is 5.69 Å². The van der Waals surface area contributed by atoms with Gasteiger partial charge in [-0.25, -0.2) is 0 Å². The van der Waals surface area contributed by atoms with Gasteiger partial charge in [0.15, 0.2) is 0 Å². The van der Waals surface area contributed by atoms with Gasteiger partial charge in [-0.2, -0.15) is 0 Å². The van der Waals surface area contributed by atoms with Gasteiger partial charge in [0.25, 0.3) is 0 Å². The van der Waals surface area contributed by atoms with Gasteiger partial charge in [-0.1, -0.05) is 12.2 Å². The van der Waals surface area contributed by atoms with E-state index in [-0.39, 0.29) is 0 Å². The van der Waals surface area contributed by atoms with Crippen LogP contribution in [0.5, 0.6) is 0 Å². The van der Waals surface area contributed by atoms with Crippen molar-refractivity contribution in [3.05, 3.63) is 39.5 Å². The molecule has 0 unspecified atom stereocenters. The van der Waals surface area contributed by atoms with Crippen LogP contribution in [-0.4, -0.2) is 6.54 Å². The lowest BCUT2D eigenvalue weighted by Gasteiger charge is -2.09. The number of benzene rings is 1. The molecule has 1 nitrogen and oxygen atoms in total. The highest BCUT2D eigenvalue weighted by Crippen LogP contribution is 2.17. The van der Waals surface area contributed by atoms with Crippen LogP contribution in [-0.2, 0) is 0 Å². The average Bonchev–Trinajstić information content (AvgIpc) is 2.02. The van der Waals surface area contributed by atoms with E-state index < -0.39 is 0 Å². The normalized spacial score (nSPS) is 9.77. The molecular weight excluding hydrogens is 273 g/mol. The largest absolute Gasteiger partial charge is 0.381 e. The van der Waals surface area contributed by atoms with E-state index in [0.717, 1.165) is 12.1 Å². The predicted molar refractivity (Wildman–Crippen MR) is 67.2 cm³/mol. The van der Waals surface area contributed by atoms with Crippen LogP contribution >= 0.6 is 22.6 Å². The molecule has 0 atom stereocenters. The maximum atomic E-state index is 3.85. The molecule has 13 heavy (non-hydrogen) atoms. The standard InChI is InChI=1S/C11H14IN/c1-8(2)7-13-11-5-4-10(12)6-9(11)3/h4-6,13H,1,7H2,2-3H3. The fraction of sp³-hybridized carbons (Fsp3) is 0.273. The Kier molecular flexibility index (Phi) is 3.78. The van der Waals surface area contributed by atoms with Crippen LogP contribution < -0.4 is 5.32 Å². The summed E-state index contributed by atoms with van der Waals surface area (Å²) < 4.78 is 1.27. The number of anilines is 1. The van der Waals surface area contributed by atoms with Crippen LogP contribution in [0.25, 0.3) is 0 Å². The molecule has 0 fully saturated rings. The first-order valence-electron chi connectivity index (χ1n) is 4.24. The van der Waals surface area contributed by atoms with Gasteiger partial charge in [-0.05, 0) is 60.2 Å². The summed E-state index contributed by atoms with van der Waals surface area (Å²) in [5, 5.41) is 3.34. The lowest BCUT2D eigenvalue weighted by Crippen LogP contribution is -2.03. The van der Waals surface area contributed by atoms with Crippen LogP contribution in [0.15, 0.2) is 30.4 Å². The summed E-state index contributed by atoms with van der Waals surface area (Å²) in [6.07, 6.45) is 0. The summed E-state index contributed by atoms with van der Waals surface area (Å²) in [6, 6.07) is 6.38. The van der Waals surface area contributed by atoms with Crippen molar-refractivity contribution >= 4 is 28.3 Å². The Labute approximate surface area is 93.4 Å². The molecule has 0 amide bonds. The number of rotatable bonds is 3. The zero-order valence-electron chi connectivity index (χ0n) is 8.02. The predicted octanol–water partition coefficient (Wildman–Crippen LogP) is 3.59. The van der Waals surface area contributed by atoms with E-state index in [1.807, 2.05) is 6.92 Å². The van der Waals surface area contributed by atoms with Crippen molar-refractivity contribution in [2.45, 2.75) is 13.8 Å². The van der Waals surface area contributed by atoms with Crippen molar-refractivity contribution in [1.82, 2.24) is 0 Å². The van der Waals surface area contributed by atoms with Crippen molar-refractivity contribution in [1.29, 1.82) is 0 Å². The summed E-state index contributed by atoms with van der Waals surface area (Å²) in [4.78, 5) is 0. The second kappa shape index (κ2) is 4.65. The molecule has 0 spiro atoms. The smallest absolute Gasteiger partial charge is 0.0373 e. The molecule has 0 saturated heterocycles. The molecule has 0 aliphatic rings. The van der Waals surface area contributed by atoms with E-state index in [1.165, 1.54) is 14.8 Å². The minimum Gasteiger partial charge on any atom is -0.381 e. The Balaban J connectivity index is 2.72. The van der Waals surface area contributed by atoms with Gasteiger partial charge in [-0.3, -0.25) is 0 Å². The zero-order valence-corrected chi connectivity index (χ0v) is 10.2. The van der Waals surface area contributed by atoms with Gasteiger partial charge in [-0.15, -0.1) is 0 Å². The van der Waals surface area contributed by atoms with E-state index in [1.54, 1.807) is 0 Å². The third kappa shape index (κ3) is 3.38. The highest BCUT2D eigenvalue weighted by Gasteiger charge is 1.97. The van der Waals surface area contributed by atoms with Gasteiger partial charge in [0, 0.05) is 15.8 Å². The Morgan fingerprint density at radius 1 is 1.54 bits per heavy atom. The summed E-state index contributed by atoms with van der Waals surface area (Å²) in [6.45, 7) is 8.84. The number of hydrogen-bond acceptors (Lipinski definition) is 1. The molecule has 1 aromatic carbocycles. The topological polar surface area (TPSA) is 12.0 Å². The molecule has 1 aromatic rings. The molecule has 1 rings (SSSR count). The fourth-order valence-corrected chi connectivity index (χ4v) is 1.72. The molecule has 2 heteroatoms. The molecule has 0 aliphatic carbocycles. The molecule has 0 heterocycles. The van der Waals surface area contributed by atoms with Crippen molar-refractivity contribution in [2.75, 3.05) is 11.9 Å². The fourth-order valence-electron chi connectivity index (χ4n) is 1.07. The number of hydrogen-bond donors (Lipinski definition) is 1. The quantitative estimate of drug-likeness (QED) is 0.661. The third-order valence-corrected chi connectivity index (χ3v) is 2.44.